The van der Waals surface area contributed by atoms with Crippen LogP contribution in [0.2, 0.25) is 0 Å². The average Bonchev–Trinajstić information content (AvgIpc) is 2.74. The Hall–Kier alpha value is -2.98. The van der Waals surface area contributed by atoms with Gasteiger partial charge in [0.05, 0.1) is 20.8 Å². The minimum Gasteiger partial charge on any atom is -0.493 e. The summed E-state index contributed by atoms with van der Waals surface area (Å²) in [5.41, 5.74) is 2.88. The number of hydrogen-bond donors (Lipinski definition) is 0. The maximum absolute atomic E-state index is 13.1. The first-order valence-corrected chi connectivity index (χ1v) is 9.79. The van der Waals surface area contributed by atoms with Crippen molar-refractivity contribution < 1.29 is 14.3 Å². The molecule has 1 unspecified atom stereocenters. The zero-order valence-electron chi connectivity index (χ0n) is 16.4. The van der Waals surface area contributed by atoms with Crippen LogP contribution in [0.1, 0.15) is 23.5 Å². The highest BCUT2D eigenvalue weighted by molar-refractivity contribution is 6.30. The van der Waals surface area contributed by atoms with Gasteiger partial charge in [-0.1, -0.05) is 60.6 Å². The Morgan fingerprint density at radius 2 is 1.90 bits per heavy atom. The van der Waals surface area contributed by atoms with Crippen molar-refractivity contribution in [3.05, 3.63) is 77.3 Å². The first-order chi connectivity index (χ1) is 14.0. The van der Waals surface area contributed by atoms with Gasteiger partial charge in [-0.2, -0.15) is 0 Å². The molecule has 0 N–H and O–H groups in total. The molecular formula is C24H22ClNO3. The summed E-state index contributed by atoms with van der Waals surface area (Å²) in [4.78, 5) is 14.8. The predicted octanol–water partition coefficient (Wildman–Crippen LogP) is 5.48. The molecule has 3 aromatic rings. The second-order valence-corrected chi connectivity index (χ2v) is 7.59. The summed E-state index contributed by atoms with van der Waals surface area (Å²) in [6.07, 6.45) is 0.314. The number of methoxy groups -OCH3 is 2. The van der Waals surface area contributed by atoms with E-state index >= 15 is 0 Å². The molecule has 29 heavy (non-hydrogen) atoms. The van der Waals surface area contributed by atoms with Crippen molar-refractivity contribution in [3.8, 4) is 11.5 Å². The molecule has 0 fully saturated rings. The van der Waals surface area contributed by atoms with E-state index in [-0.39, 0.29) is 18.4 Å². The van der Waals surface area contributed by atoms with Gasteiger partial charge in [0.1, 0.15) is 0 Å². The van der Waals surface area contributed by atoms with E-state index in [9.17, 15) is 4.79 Å². The fraction of sp³-hybridized carbons (Fsp3) is 0.208. The monoisotopic (exact) mass is 407 g/mol. The molecule has 148 valence electrons. The zero-order chi connectivity index (χ0) is 20.5. The van der Waals surface area contributed by atoms with Crippen LogP contribution >= 0.6 is 11.6 Å². The molecule has 0 aromatic heterocycles. The maximum atomic E-state index is 13.1. The van der Waals surface area contributed by atoms with Crippen molar-refractivity contribution in [1.29, 1.82) is 0 Å². The molecular weight excluding hydrogens is 386 g/mol. The smallest absolute Gasteiger partial charge is 0.228 e. The van der Waals surface area contributed by atoms with E-state index in [2.05, 4.69) is 18.7 Å². The molecule has 4 rings (SSSR count). The molecule has 1 aliphatic rings. The van der Waals surface area contributed by atoms with Crippen LogP contribution in [0.15, 0.2) is 66.2 Å². The molecule has 0 radical (unpaired) electrons. The summed E-state index contributed by atoms with van der Waals surface area (Å²) in [5.74, 6) is 1.15. The van der Waals surface area contributed by atoms with E-state index in [4.69, 9.17) is 21.1 Å². The first-order valence-electron chi connectivity index (χ1n) is 9.41. The van der Waals surface area contributed by atoms with E-state index in [1.165, 1.54) is 0 Å². The second-order valence-electron chi connectivity index (χ2n) is 7.06. The summed E-state index contributed by atoms with van der Waals surface area (Å²) in [6, 6.07) is 18.0. The van der Waals surface area contributed by atoms with Gasteiger partial charge < -0.3 is 14.4 Å². The van der Waals surface area contributed by atoms with Crippen LogP contribution in [0.3, 0.4) is 0 Å². The molecule has 1 atom stereocenters. The van der Waals surface area contributed by atoms with Crippen molar-refractivity contribution in [2.45, 2.75) is 12.3 Å². The third kappa shape index (κ3) is 3.34. The number of nitrogens with zero attached hydrogens (tertiary/aromatic N) is 1. The number of para-hydroxylation sites is 1. The third-order valence-electron chi connectivity index (χ3n) is 5.41. The fourth-order valence-electron chi connectivity index (χ4n) is 4.20. The maximum Gasteiger partial charge on any atom is 0.228 e. The topological polar surface area (TPSA) is 38.8 Å². The lowest BCUT2D eigenvalue weighted by Crippen LogP contribution is -2.38. The van der Waals surface area contributed by atoms with Gasteiger partial charge in [0.15, 0.2) is 11.5 Å². The molecule has 0 bridgehead atoms. The number of halogens is 1. The Morgan fingerprint density at radius 3 is 2.62 bits per heavy atom. The predicted molar refractivity (Wildman–Crippen MR) is 117 cm³/mol. The quantitative estimate of drug-likeness (QED) is 0.562. The molecule has 1 heterocycles. The van der Waals surface area contributed by atoms with Crippen molar-refractivity contribution >= 4 is 34.0 Å². The summed E-state index contributed by atoms with van der Waals surface area (Å²) in [7, 11) is 3.24. The standard InChI is InChI=1S/C24H22ClNO3/c1-15(25)14-26-20-12-11-16-7-4-5-8-17(16)23(20)19(13-22(26)27)18-9-6-10-21(28-2)24(18)29-3/h4-12,19H,1,13-14H2,2-3H3. The molecule has 0 saturated carbocycles. The molecule has 3 aromatic carbocycles. The van der Waals surface area contributed by atoms with E-state index < -0.39 is 0 Å². The van der Waals surface area contributed by atoms with Crippen LogP contribution in [0.25, 0.3) is 10.8 Å². The Bertz CT molecular complexity index is 1110. The molecule has 0 spiro atoms. The molecule has 0 saturated heterocycles. The van der Waals surface area contributed by atoms with Gasteiger partial charge >= 0.3 is 0 Å². The van der Waals surface area contributed by atoms with Crippen LogP contribution in [-0.2, 0) is 4.79 Å². The molecule has 4 nitrogen and oxygen atoms in total. The zero-order valence-corrected chi connectivity index (χ0v) is 17.2. The number of fused-ring (bicyclic) bond motifs is 3. The number of ether oxygens (including phenoxy) is 2. The summed E-state index contributed by atoms with van der Waals surface area (Å²) in [5, 5.41) is 2.66. The van der Waals surface area contributed by atoms with Crippen molar-refractivity contribution in [2.24, 2.45) is 0 Å². The van der Waals surface area contributed by atoms with Gasteiger partial charge in [-0.3, -0.25) is 4.79 Å². The van der Waals surface area contributed by atoms with Gasteiger partial charge in [-0.15, -0.1) is 0 Å². The third-order valence-corrected chi connectivity index (χ3v) is 5.52. The van der Waals surface area contributed by atoms with Gasteiger partial charge in [0, 0.05) is 28.6 Å². The Kier molecular flexibility index (Phi) is 5.20. The van der Waals surface area contributed by atoms with Crippen LogP contribution in [-0.4, -0.2) is 26.7 Å². The van der Waals surface area contributed by atoms with Gasteiger partial charge in [-0.25, -0.2) is 0 Å². The van der Waals surface area contributed by atoms with E-state index in [1.807, 2.05) is 42.5 Å². The Morgan fingerprint density at radius 1 is 1.10 bits per heavy atom. The van der Waals surface area contributed by atoms with Crippen LogP contribution in [0.5, 0.6) is 11.5 Å². The van der Waals surface area contributed by atoms with Gasteiger partial charge in [-0.05, 0) is 28.5 Å². The van der Waals surface area contributed by atoms with E-state index in [0.29, 0.717) is 23.0 Å². The van der Waals surface area contributed by atoms with Gasteiger partial charge in [0.25, 0.3) is 0 Å². The van der Waals surface area contributed by atoms with Crippen molar-refractivity contribution in [1.82, 2.24) is 0 Å². The number of anilines is 1. The second kappa shape index (κ2) is 7.80. The lowest BCUT2D eigenvalue weighted by atomic mass is 9.80. The highest BCUT2D eigenvalue weighted by Crippen LogP contribution is 2.48. The van der Waals surface area contributed by atoms with E-state index in [0.717, 1.165) is 27.6 Å². The SMILES string of the molecule is C=C(Cl)CN1C(=O)CC(c2cccc(OC)c2OC)c2c1ccc1ccccc21. The molecule has 1 aliphatic heterocycles. The minimum atomic E-state index is -0.159. The van der Waals surface area contributed by atoms with Crippen LogP contribution in [0, 0.1) is 0 Å². The van der Waals surface area contributed by atoms with Crippen molar-refractivity contribution in [3.63, 3.8) is 0 Å². The Balaban J connectivity index is 2.00. The minimum absolute atomic E-state index is 0.00412. The number of carbonyl (C=O) groups is 1. The molecule has 5 heteroatoms. The summed E-state index contributed by atoms with van der Waals surface area (Å²) in [6.45, 7) is 4.07. The number of hydrogen-bond acceptors (Lipinski definition) is 3. The fourth-order valence-corrected chi connectivity index (χ4v) is 4.32. The highest BCUT2D eigenvalue weighted by Gasteiger charge is 2.35. The number of rotatable bonds is 5. The first kappa shape index (κ1) is 19.3. The lowest BCUT2D eigenvalue weighted by molar-refractivity contribution is -0.119. The average molecular weight is 408 g/mol. The number of amides is 1. The number of carbonyl (C=O) groups excluding carboxylic acids is 1. The van der Waals surface area contributed by atoms with Crippen LogP contribution < -0.4 is 14.4 Å². The van der Waals surface area contributed by atoms with Crippen molar-refractivity contribution in [2.75, 3.05) is 25.7 Å². The largest absolute Gasteiger partial charge is 0.493 e. The highest BCUT2D eigenvalue weighted by atomic mass is 35.5. The van der Waals surface area contributed by atoms with E-state index in [1.54, 1.807) is 19.1 Å². The Labute approximate surface area is 175 Å². The summed E-state index contributed by atoms with van der Waals surface area (Å²) < 4.78 is 11.2. The molecule has 1 amide bonds. The van der Waals surface area contributed by atoms with Gasteiger partial charge in [0.2, 0.25) is 5.91 Å². The molecule has 0 aliphatic carbocycles. The summed E-state index contributed by atoms with van der Waals surface area (Å²) >= 11 is 6.08. The van der Waals surface area contributed by atoms with Crippen LogP contribution in [0.4, 0.5) is 5.69 Å². The lowest BCUT2D eigenvalue weighted by Gasteiger charge is -2.35. The normalized spacial score (nSPS) is 15.9. The number of benzene rings is 3.